The summed E-state index contributed by atoms with van der Waals surface area (Å²) in [5, 5.41) is 0. The Kier molecular flexibility index (Phi) is 5.72. The molecule has 1 aromatic carbocycles. The van der Waals surface area contributed by atoms with Crippen molar-refractivity contribution in [1.82, 2.24) is 0 Å². The van der Waals surface area contributed by atoms with E-state index in [1.807, 2.05) is 6.07 Å². The average molecular weight is 276 g/mol. The monoisotopic (exact) mass is 276 g/mol. The van der Waals surface area contributed by atoms with Crippen molar-refractivity contribution in [2.24, 2.45) is 11.7 Å². The molecule has 1 saturated heterocycles. The number of rotatable bonds is 6. The average Bonchev–Trinajstić information content (AvgIpc) is 2.44. The number of benzene rings is 1. The van der Waals surface area contributed by atoms with Crippen molar-refractivity contribution in [2.75, 3.05) is 24.6 Å². The number of hydrogen-bond acceptors (Lipinski definition) is 3. The number of nitrogens with zero attached hydrogens (tertiary/aromatic N) is 1. The molecule has 2 N–H and O–H groups in total. The molecular weight excluding hydrogens is 248 g/mol. The predicted molar refractivity (Wildman–Crippen MR) is 85.4 cm³/mol. The van der Waals surface area contributed by atoms with E-state index in [9.17, 15) is 0 Å². The van der Waals surface area contributed by atoms with Crippen molar-refractivity contribution < 1.29 is 4.74 Å². The normalized spacial score (nSPS) is 19.4. The van der Waals surface area contributed by atoms with Gasteiger partial charge in [0.2, 0.25) is 0 Å². The lowest BCUT2D eigenvalue weighted by atomic mass is 10.1. The van der Waals surface area contributed by atoms with E-state index in [0.29, 0.717) is 6.04 Å². The highest BCUT2D eigenvalue weighted by Crippen LogP contribution is 2.24. The van der Waals surface area contributed by atoms with Crippen molar-refractivity contribution in [2.45, 2.75) is 45.6 Å². The summed E-state index contributed by atoms with van der Waals surface area (Å²) in [5.74, 6) is 1.73. The second-order valence-electron chi connectivity index (χ2n) is 6.23. The zero-order valence-corrected chi connectivity index (χ0v) is 12.8. The molecule has 2 rings (SSSR count). The molecule has 0 spiro atoms. The van der Waals surface area contributed by atoms with Crippen LogP contribution < -0.4 is 15.4 Å². The summed E-state index contributed by atoms with van der Waals surface area (Å²) in [5.41, 5.74) is 7.29. The number of nitrogens with two attached hydrogens (primary N) is 1. The van der Waals surface area contributed by atoms with Crippen LogP contribution in [-0.2, 0) is 0 Å². The standard InChI is InChI=1S/C17H28N2O/c1-14(2)6-5-11-20-17-9-3-8-16(12-17)19-10-4-7-15(18)13-19/h3,8-9,12,14-15H,4-7,10-11,13,18H2,1-2H3. The molecule has 0 aliphatic carbocycles. The lowest BCUT2D eigenvalue weighted by Gasteiger charge is -2.32. The Labute approximate surface area is 123 Å². The third-order valence-electron chi connectivity index (χ3n) is 3.84. The molecule has 1 atom stereocenters. The summed E-state index contributed by atoms with van der Waals surface area (Å²) in [6.45, 7) is 7.36. The summed E-state index contributed by atoms with van der Waals surface area (Å²) >= 11 is 0. The zero-order chi connectivity index (χ0) is 14.4. The Morgan fingerprint density at radius 2 is 2.25 bits per heavy atom. The van der Waals surface area contributed by atoms with Crippen LogP contribution in [0.5, 0.6) is 5.75 Å². The third kappa shape index (κ3) is 4.71. The second kappa shape index (κ2) is 7.53. The number of anilines is 1. The van der Waals surface area contributed by atoms with Gasteiger partial charge in [-0.25, -0.2) is 0 Å². The quantitative estimate of drug-likeness (QED) is 0.809. The molecule has 20 heavy (non-hydrogen) atoms. The molecule has 0 aromatic heterocycles. The van der Waals surface area contributed by atoms with E-state index in [1.165, 1.54) is 18.5 Å². The minimum Gasteiger partial charge on any atom is -0.494 e. The SMILES string of the molecule is CC(C)CCCOc1cccc(N2CCCC(N)C2)c1. The first-order valence-electron chi connectivity index (χ1n) is 7.88. The molecule has 0 radical (unpaired) electrons. The van der Waals surface area contributed by atoms with Crippen LogP contribution in [0.4, 0.5) is 5.69 Å². The summed E-state index contributed by atoms with van der Waals surface area (Å²) in [4.78, 5) is 2.37. The van der Waals surface area contributed by atoms with Gasteiger partial charge in [-0.2, -0.15) is 0 Å². The molecule has 112 valence electrons. The molecule has 1 unspecified atom stereocenters. The highest BCUT2D eigenvalue weighted by Gasteiger charge is 2.17. The Balaban J connectivity index is 1.87. The third-order valence-corrected chi connectivity index (χ3v) is 3.84. The van der Waals surface area contributed by atoms with Gasteiger partial charge in [0.1, 0.15) is 5.75 Å². The minimum atomic E-state index is 0.305. The first-order valence-corrected chi connectivity index (χ1v) is 7.88. The van der Waals surface area contributed by atoms with Gasteiger partial charge in [0.05, 0.1) is 6.61 Å². The van der Waals surface area contributed by atoms with E-state index < -0.39 is 0 Å². The van der Waals surface area contributed by atoms with Gasteiger partial charge in [-0.1, -0.05) is 19.9 Å². The molecule has 1 heterocycles. The van der Waals surface area contributed by atoms with Gasteiger partial charge in [0.15, 0.2) is 0 Å². The van der Waals surface area contributed by atoms with Gasteiger partial charge >= 0.3 is 0 Å². The number of piperidine rings is 1. The predicted octanol–water partition coefficient (Wildman–Crippen LogP) is 3.43. The smallest absolute Gasteiger partial charge is 0.121 e. The van der Waals surface area contributed by atoms with Gasteiger partial charge in [-0.05, 0) is 43.7 Å². The fraction of sp³-hybridized carbons (Fsp3) is 0.647. The van der Waals surface area contributed by atoms with Crippen LogP contribution in [0.1, 0.15) is 39.5 Å². The van der Waals surface area contributed by atoms with Crippen molar-refractivity contribution in [3.8, 4) is 5.75 Å². The van der Waals surface area contributed by atoms with Crippen molar-refractivity contribution in [1.29, 1.82) is 0 Å². The highest BCUT2D eigenvalue weighted by molar-refractivity contribution is 5.51. The van der Waals surface area contributed by atoms with E-state index in [0.717, 1.165) is 44.2 Å². The molecule has 0 bridgehead atoms. The van der Waals surface area contributed by atoms with Crippen LogP contribution in [0.2, 0.25) is 0 Å². The van der Waals surface area contributed by atoms with Crippen molar-refractivity contribution >= 4 is 5.69 Å². The van der Waals surface area contributed by atoms with Gasteiger partial charge in [0, 0.05) is 30.9 Å². The van der Waals surface area contributed by atoms with Gasteiger partial charge < -0.3 is 15.4 Å². The van der Waals surface area contributed by atoms with Crippen molar-refractivity contribution in [3.05, 3.63) is 24.3 Å². The van der Waals surface area contributed by atoms with E-state index in [-0.39, 0.29) is 0 Å². The van der Waals surface area contributed by atoms with E-state index >= 15 is 0 Å². The molecule has 1 fully saturated rings. The largest absolute Gasteiger partial charge is 0.494 e. The Morgan fingerprint density at radius 1 is 1.40 bits per heavy atom. The maximum atomic E-state index is 6.05. The Bertz CT molecular complexity index is 406. The molecule has 1 aromatic rings. The maximum absolute atomic E-state index is 6.05. The van der Waals surface area contributed by atoms with E-state index in [1.54, 1.807) is 0 Å². The topological polar surface area (TPSA) is 38.5 Å². The summed E-state index contributed by atoms with van der Waals surface area (Å²) in [7, 11) is 0. The molecule has 0 saturated carbocycles. The summed E-state index contributed by atoms with van der Waals surface area (Å²) in [6.07, 6.45) is 4.67. The first kappa shape index (κ1) is 15.2. The zero-order valence-electron chi connectivity index (χ0n) is 12.8. The van der Waals surface area contributed by atoms with Gasteiger partial charge in [0.25, 0.3) is 0 Å². The maximum Gasteiger partial charge on any atom is 0.121 e. The molecule has 1 aliphatic heterocycles. The van der Waals surface area contributed by atoms with E-state index in [4.69, 9.17) is 10.5 Å². The van der Waals surface area contributed by atoms with Gasteiger partial charge in [-0.3, -0.25) is 0 Å². The summed E-state index contributed by atoms with van der Waals surface area (Å²) in [6, 6.07) is 8.72. The molecule has 1 aliphatic rings. The van der Waals surface area contributed by atoms with Gasteiger partial charge in [-0.15, -0.1) is 0 Å². The number of ether oxygens (including phenoxy) is 1. The lowest BCUT2D eigenvalue weighted by Crippen LogP contribution is -2.42. The molecule has 3 nitrogen and oxygen atoms in total. The first-order chi connectivity index (χ1) is 9.65. The molecular formula is C17H28N2O. The van der Waals surface area contributed by atoms with Crippen LogP contribution in [-0.4, -0.2) is 25.7 Å². The van der Waals surface area contributed by atoms with Crippen LogP contribution in [0.3, 0.4) is 0 Å². The van der Waals surface area contributed by atoms with Crippen LogP contribution in [0.25, 0.3) is 0 Å². The number of hydrogen-bond donors (Lipinski definition) is 1. The van der Waals surface area contributed by atoms with Crippen LogP contribution in [0.15, 0.2) is 24.3 Å². The Hall–Kier alpha value is -1.22. The van der Waals surface area contributed by atoms with Crippen molar-refractivity contribution in [3.63, 3.8) is 0 Å². The Morgan fingerprint density at radius 3 is 3.00 bits per heavy atom. The van der Waals surface area contributed by atoms with Crippen LogP contribution >= 0.6 is 0 Å². The molecule has 0 amide bonds. The summed E-state index contributed by atoms with van der Waals surface area (Å²) < 4.78 is 5.86. The highest BCUT2D eigenvalue weighted by atomic mass is 16.5. The fourth-order valence-electron chi connectivity index (χ4n) is 2.70. The van der Waals surface area contributed by atoms with Crippen LogP contribution in [0, 0.1) is 5.92 Å². The molecule has 3 heteroatoms. The second-order valence-corrected chi connectivity index (χ2v) is 6.23. The van der Waals surface area contributed by atoms with E-state index in [2.05, 4.69) is 36.9 Å². The fourth-order valence-corrected chi connectivity index (χ4v) is 2.70. The minimum absolute atomic E-state index is 0.305. The lowest BCUT2D eigenvalue weighted by molar-refractivity contribution is 0.297.